The van der Waals surface area contributed by atoms with Crippen molar-refractivity contribution in [3.05, 3.63) is 54.3 Å². The number of amides is 1. The van der Waals surface area contributed by atoms with Gasteiger partial charge < -0.3 is 9.84 Å². The Bertz CT molecular complexity index is 1000. The molecule has 3 aromatic rings. The molecule has 2 aromatic heterocycles. The van der Waals surface area contributed by atoms with Gasteiger partial charge in [0.2, 0.25) is 5.91 Å². The number of phenols is 1. The summed E-state index contributed by atoms with van der Waals surface area (Å²) >= 11 is 1.40. The van der Waals surface area contributed by atoms with Gasteiger partial charge >= 0.3 is 0 Å². The van der Waals surface area contributed by atoms with Gasteiger partial charge in [0.25, 0.3) is 0 Å². The maximum absolute atomic E-state index is 12.3. The van der Waals surface area contributed by atoms with E-state index in [1.807, 2.05) is 10.8 Å². The second-order valence-electron chi connectivity index (χ2n) is 7.15. The molecule has 2 heterocycles. The van der Waals surface area contributed by atoms with E-state index in [9.17, 15) is 9.90 Å². The number of aromatic hydroxyl groups is 1. The number of rotatable bonds is 5. The monoisotopic (exact) mass is 398 g/mol. The van der Waals surface area contributed by atoms with Crippen LogP contribution in [0.3, 0.4) is 0 Å². The van der Waals surface area contributed by atoms with E-state index in [2.05, 4.69) is 36.1 Å². The predicted octanol–water partition coefficient (Wildman–Crippen LogP) is 3.99. The highest BCUT2D eigenvalue weighted by Crippen LogP contribution is 2.34. The number of nitrogens with zero attached hydrogens (tertiary/aromatic N) is 3. The minimum atomic E-state index is -0.293. The van der Waals surface area contributed by atoms with Crippen molar-refractivity contribution in [2.45, 2.75) is 26.2 Å². The fourth-order valence-electron chi connectivity index (χ4n) is 2.53. The minimum absolute atomic E-state index is 0.0497. The quantitative estimate of drug-likeness (QED) is 0.634. The molecule has 0 aliphatic carbocycles. The van der Waals surface area contributed by atoms with E-state index >= 15 is 0 Å². The summed E-state index contributed by atoms with van der Waals surface area (Å²) in [5, 5.41) is 13.9. The number of thiazole rings is 1. The molecule has 0 saturated carbocycles. The van der Waals surface area contributed by atoms with Gasteiger partial charge in [-0.2, -0.15) is 0 Å². The van der Waals surface area contributed by atoms with Crippen LogP contribution < -0.4 is 10.1 Å². The zero-order valence-corrected chi connectivity index (χ0v) is 16.9. The van der Waals surface area contributed by atoms with Crippen molar-refractivity contribution < 1.29 is 14.6 Å². The molecule has 0 fully saturated rings. The molecule has 0 unspecified atom stereocenters. The summed E-state index contributed by atoms with van der Waals surface area (Å²) in [7, 11) is 1.47. The van der Waals surface area contributed by atoms with Crippen LogP contribution in [0.5, 0.6) is 11.5 Å². The van der Waals surface area contributed by atoms with Crippen LogP contribution >= 0.6 is 11.3 Å². The molecule has 3 rings (SSSR count). The molecule has 0 aliphatic rings. The Morgan fingerprint density at radius 3 is 2.79 bits per heavy atom. The van der Waals surface area contributed by atoms with Crippen molar-refractivity contribution in [1.82, 2.24) is 14.5 Å². The number of carbonyl (C=O) groups is 1. The van der Waals surface area contributed by atoms with Gasteiger partial charge in [-0.15, -0.1) is 0 Å². The molecular formula is C20H22N4O3S. The molecule has 2 N–H and O–H groups in total. The third-order valence-corrected chi connectivity index (χ3v) is 4.90. The third-order valence-electron chi connectivity index (χ3n) is 3.92. The molecule has 7 nitrogen and oxygen atoms in total. The highest BCUT2D eigenvalue weighted by Gasteiger charge is 2.24. The van der Waals surface area contributed by atoms with Crippen molar-refractivity contribution in [1.29, 1.82) is 0 Å². The smallest absolute Gasteiger partial charge is 0.250 e. The highest BCUT2D eigenvalue weighted by atomic mass is 32.1. The lowest BCUT2D eigenvalue weighted by atomic mass is 9.92. The van der Waals surface area contributed by atoms with Crippen LogP contribution in [0.1, 0.15) is 32.0 Å². The maximum Gasteiger partial charge on any atom is 0.250 e. The van der Waals surface area contributed by atoms with Crippen molar-refractivity contribution in [2.75, 3.05) is 12.4 Å². The summed E-state index contributed by atoms with van der Waals surface area (Å²) in [5.74, 6) is 0.106. The van der Waals surface area contributed by atoms with E-state index in [1.165, 1.54) is 30.6 Å². The van der Waals surface area contributed by atoms with E-state index in [0.29, 0.717) is 10.9 Å². The molecule has 0 aliphatic heterocycles. The summed E-state index contributed by atoms with van der Waals surface area (Å²) < 4.78 is 6.97. The molecule has 0 atom stereocenters. The van der Waals surface area contributed by atoms with E-state index < -0.39 is 0 Å². The van der Waals surface area contributed by atoms with Gasteiger partial charge in [0.05, 0.1) is 19.1 Å². The number of phenolic OH excluding ortho intramolecular Hbond substituents is 1. The number of hydrogen-bond acceptors (Lipinski definition) is 6. The molecule has 0 spiro atoms. The number of ether oxygens (including phenoxy) is 1. The Hall–Kier alpha value is -3.13. The molecule has 0 saturated heterocycles. The van der Waals surface area contributed by atoms with Crippen molar-refractivity contribution in [3.8, 4) is 16.5 Å². The van der Waals surface area contributed by atoms with Gasteiger partial charge in [0, 0.05) is 23.9 Å². The average molecular weight is 398 g/mol. The molecule has 0 radical (unpaired) electrons. The van der Waals surface area contributed by atoms with Crippen LogP contribution in [-0.4, -0.2) is 32.7 Å². The second kappa shape index (κ2) is 7.85. The van der Waals surface area contributed by atoms with Crippen LogP contribution in [0.25, 0.3) is 11.1 Å². The molecule has 28 heavy (non-hydrogen) atoms. The van der Waals surface area contributed by atoms with E-state index in [-0.39, 0.29) is 17.1 Å². The first kappa shape index (κ1) is 19.6. The van der Waals surface area contributed by atoms with E-state index in [0.717, 1.165) is 16.3 Å². The van der Waals surface area contributed by atoms with Crippen LogP contribution in [0.2, 0.25) is 0 Å². The lowest BCUT2D eigenvalue weighted by Crippen LogP contribution is -2.15. The van der Waals surface area contributed by atoms with Gasteiger partial charge in [-0.05, 0) is 23.8 Å². The number of hydrogen-bond donors (Lipinski definition) is 2. The number of benzene rings is 1. The van der Waals surface area contributed by atoms with Gasteiger partial charge in [0.15, 0.2) is 16.6 Å². The van der Waals surface area contributed by atoms with Gasteiger partial charge in [-0.25, -0.2) is 9.97 Å². The Morgan fingerprint density at radius 1 is 1.36 bits per heavy atom. The normalized spacial score (nSPS) is 11.7. The van der Waals surface area contributed by atoms with Crippen LogP contribution in [0.15, 0.2) is 43.0 Å². The molecule has 0 bridgehead atoms. The zero-order valence-electron chi connectivity index (χ0n) is 16.1. The first-order valence-electron chi connectivity index (χ1n) is 8.63. The fraction of sp³-hybridized carbons (Fsp3) is 0.250. The Morgan fingerprint density at radius 2 is 2.14 bits per heavy atom. The van der Waals surface area contributed by atoms with Crippen molar-refractivity contribution >= 4 is 28.5 Å². The highest BCUT2D eigenvalue weighted by molar-refractivity contribution is 7.18. The fourth-order valence-corrected chi connectivity index (χ4v) is 3.66. The lowest BCUT2D eigenvalue weighted by Gasteiger charge is -2.17. The third kappa shape index (κ3) is 4.40. The topological polar surface area (TPSA) is 89.3 Å². The summed E-state index contributed by atoms with van der Waals surface area (Å²) in [6, 6.07) is 4.86. The van der Waals surface area contributed by atoms with Crippen molar-refractivity contribution in [3.63, 3.8) is 0 Å². The van der Waals surface area contributed by atoms with Gasteiger partial charge in [-0.3, -0.25) is 14.7 Å². The number of nitrogens with one attached hydrogen (secondary N) is 1. The minimum Gasteiger partial charge on any atom is -0.504 e. The summed E-state index contributed by atoms with van der Waals surface area (Å²) in [6.45, 7) is 6.23. The van der Waals surface area contributed by atoms with E-state index in [1.54, 1.807) is 30.7 Å². The summed E-state index contributed by atoms with van der Waals surface area (Å²) in [5.41, 5.74) is 1.44. The first-order valence-corrected chi connectivity index (χ1v) is 9.45. The number of imidazole rings is 1. The Kier molecular flexibility index (Phi) is 5.51. The van der Waals surface area contributed by atoms with Crippen LogP contribution in [0.4, 0.5) is 5.13 Å². The SMILES string of the molecule is COc1cc(/C=C/C(=O)Nc2nc(C(C)(C)C)c(-n3ccnc3)s2)ccc1O. The number of methoxy groups -OCH3 is 1. The maximum atomic E-state index is 12.3. The lowest BCUT2D eigenvalue weighted by molar-refractivity contribution is -0.111. The molecular weight excluding hydrogens is 376 g/mol. The second-order valence-corrected chi connectivity index (χ2v) is 8.12. The number of carbonyl (C=O) groups excluding carboxylic acids is 1. The molecule has 8 heteroatoms. The summed E-state index contributed by atoms with van der Waals surface area (Å²) in [4.78, 5) is 21.0. The van der Waals surface area contributed by atoms with Gasteiger partial charge in [0.1, 0.15) is 5.00 Å². The molecule has 1 amide bonds. The zero-order chi connectivity index (χ0) is 20.3. The first-order chi connectivity index (χ1) is 13.3. The standard InChI is InChI=1S/C20H22N4O3S/c1-20(2,3)17-18(24-10-9-21-12-24)28-19(23-17)22-16(26)8-6-13-5-7-14(25)15(11-13)27-4/h5-12,25H,1-4H3,(H,22,23,26)/b8-6+. The van der Waals surface area contributed by atoms with Gasteiger partial charge in [-0.1, -0.05) is 38.2 Å². The predicted molar refractivity (Wildman–Crippen MR) is 110 cm³/mol. The largest absolute Gasteiger partial charge is 0.504 e. The Balaban J connectivity index is 1.79. The van der Waals surface area contributed by atoms with Crippen LogP contribution in [-0.2, 0) is 10.2 Å². The Labute approximate surface area is 167 Å². The number of aromatic nitrogens is 3. The molecule has 1 aromatic carbocycles. The van der Waals surface area contributed by atoms with Crippen LogP contribution in [0, 0.1) is 0 Å². The average Bonchev–Trinajstić information content (AvgIpc) is 3.30. The van der Waals surface area contributed by atoms with Crippen molar-refractivity contribution in [2.24, 2.45) is 0 Å². The molecule has 146 valence electrons. The van der Waals surface area contributed by atoms with E-state index in [4.69, 9.17) is 4.74 Å². The number of anilines is 1. The summed E-state index contributed by atoms with van der Waals surface area (Å²) in [6.07, 6.45) is 8.34.